The first kappa shape index (κ1) is 31.8. The Morgan fingerprint density at radius 2 is 1.64 bits per heavy atom. The minimum absolute atomic E-state index is 0.00483. The van der Waals surface area contributed by atoms with Crippen molar-refractivity contribution in [2.45, 2.75) is 31.0 Å². The van der Waals surface area contributed by atoms with Gasteiger partial charge in [-0.25, -0.2) is 0 Å². The van der Waals surface area contributed by atoms with Crippen LogP contribution in [0.1, 0.15) is 22.3 Å². The van der Waals surface area contributed by atoms with Crippen molar-refractivity contribution in [2.24, 2.45) is 0 Å². The Bertz CT molecular complexity index is 1420. The third kappa shape index (κ3) is 9.20. The van der Waals surface area contributed by atoms with Gasteiger partial charge in [-0.3, -0.25) is 19.2 Å². The van der Waals surface area contributed by atoms with E-state index in [4.69, 9.17) is 14.2 Å². The first-order chi connectivity index (χ1) is 21.4. The summed E-state index contributed by atoms with van der Waals surface area (Å²) in [4.78, 5) is 52.6. The topological polar surface area (TPSA) is 164 Å². The zero-order valence-electron chi connectivity index (χ0n) is 24.3. The van der Waals surface area contributed by atoms with Gasteiger partial charge in [-0.05, 0) is 48.4 Å². The van der Waals surface area contributed by atoms with Gasteiger partial charge in [0.1, 0.15) is 42.5 Å². The van der Waals surface area contributed by atoms with Crippen LogP contribution in [0.3, 0.4) is 0 Å². The van der Waals surface area contributed by atoms with E-state index in [1.165, 1.54) is 0 Å². The van der Waals surface area contributed by atoms with E-state index >= 15 is 0 Å². The number of ether oxygens (including phenoxy) is 3. The molecule has 4 amide bonds. The largest absolute Gasteiger partial charge is 0.497 e. The van der Waals surface area contributed by atoms with Crippen molar-refractivity contribution in [2.75, 3.05) is 33.5 Å². The van der Waals surface area contributed by atoms with Crippen molar-refractivity contribution in [3.05, 3.63) is 90.0 Å². The zero-order valence-corrected chi connectivity index (χ0v) is 24.3. The number of hydrogen-bond acceptors (Lipinski definition) is 8. The van der Waals surface area contributed by atoms with Crippen molar-refractivity contribution >= 4 is 23.6 Å². The molecule has 1 aliphatic heterocycles. The van der Waals surface area contributed by atoms with Gasteiger partial charge in [-0.2, -0.15) is 0 Å². The number of carbonyl (C=O) groups excluding carboxylic acids is 4. The van der Waals surface area contributed by atoms with Crippen LogP contribution in [-0.2, 0) is 20.8 Å². The number of carbonyl (C=O) groups is 4. The maximum atomic E-state index is 13.4. The molecule has 0 bridgehead atoms. The summed E-state index contributed by atoms with van der Waals surface area (Å²) in [6, 6.07) is 19.7. The summed E-state index contributed by atoms with van der Waals surface area (Å²) in [6.07, 6.45) is -0.0887. The molecule has 3 atom stereocenters. The van der Waals surface area contributed by atoms with Gasteiger partial charge in [0.15, 0.2) is 0 Å². The molecule has 0 radical (unpaired) electrons. The van der Waals surface area contributed by atoms with E-state index in [0.717, 1.165) is 5.56 Å². The van der Waals surface area contributed by atoms with Gasteiger partial charge < -0.3 is 40.6 Å². The van der Waals surface area contributed by atoms with Crippen LogP contribution in [0.2, 0.25) is 0 Å². The van der Waals surface area contributed by atoms with Crippen LogP contribution in [0.15, 0.2) is 78.9 Å². The van der Waals surface area contributed by atoms with E-state index in [-0.39, 0.29) is 31.1 Å². The molecule has 0 aromatic heterocycles. The fourth-order valence-corrected chi connectivity index (χ4v) is 4.54. The van der Waals surface area contributed by atoms with Crippen LogP contribution in [0.25, 0.3) is 0 Å². The molecule has 44 heavy (non-hydrogen) atoms. The molecule has 3 aromatic carbocycles. The highest BCUT2D eigenvalue weighted by Crippen LogP contribution is 2.20. The zero-order chi connectivity index (χ0) is 31.3. The highest BCUT2D eigenvalue weighted by Gasteiger charge is 2.29. The van der Waals surface area contributed by atoms with E-state index in [9.17, 15) is 24.3 Å². The molecule has 1 aliphatic rings. The van der Waals surface area contributed by atoms with Crippen LogP contribution < -0.4 is 35.5 Å². The molecular formula is C32H36N4O8. The molecular weight excluding hydrogens is 568 g/mol. The van der Waals surface area contributed by atoms with E-state index in [1.54, 1.807) is 55.6 Å². The number of benzene rings is 3. The van der Waals surface area contributed by atoms with Crippen LogP contribution in [0.5, 0.6) is 17.2 Å². The number of methoxy groups -OCH3 is 1. The number of aliphatic hydroxyl groups is 1. The molecule has 0 unspecified atom stereocenters. The van der Waals surface area contributed by atoms with E-state index in [1.807, 2.05) is 30.3 Å². The van der Waals surface area contributed by atoms with Crippen LogP contribution in [0, 0.1) is 0 Å². The van der Waals surface area contributed by atoms with Crippen molar-refractivity contribution in [3.63, 3.8) is 0 Å². The Kier molecular flexibility index (Phi) is 11.5. The molecule has 0 saturated heterocycles. The quantitative estimate of drug-likeness (QED) is 0.226. The molecule has 0 spiro atoms. The van der Waals surface area contributed by atoms with Gasteiger partial charge in [0.2, 0.25) is 17.7 Å². The van der Waals surface area contributed by atoms with Crippen molar-refractivity contribution < 1.29 is 38.5 Å². The van der Waals surface area contributed by atoms with Crippen LogP contribution in [-0.4, -0.2) is 80.3 Å². The molecule has 4 rings (SSSR count). The number of para-hydroxylation sites is 1. The Hall–Kier alpha value is -5.10. The standard InChI is InChI=1S/C32H36N4O8/c1-42-23-11-13-24(14-12-23)43-16-15-33-31(40)26-18-29(38)35-27(19-37)32(41)34-22(17-21-7-3-2-4-8-21)20-44-28-10-6-5-9-25(28)30(39)36-26/h2-14,22,26-27,37H,15-20H2,1H3,(H,33,40)(H,34,41)(H,35,38)(H,36,39)/t22-,26+,27+/m1/s1. The van der Waals surface area contributed by atoms with E-state index in [2.05, 4.69) is 21.3 Å². The van der Waals surface area contributed by atoms with Gasteiger partial charge in [-0.15, -0.1) is 0 Å². The summed E-state index contributed by atoms with van der Waals surface area (Å²) >= 11 is 0. The lowest BCUT2D eigenvalue weighted by Crippen LogP contribution is -2.55. The first-order valence-corrected chi connectivity index (χ1v) is 14.2. The third-order valence-corrected chi connectivity index (χ3v) is 6.82. The number of aliphatic hydroxyl groups excluding tert-OH is 1. The predicted octanol–water partition coefficient (Wildman–Crippen LogP) is 0.976. The molecule has 12 nitrogen and oxygen atoms in total. The summed E-state index contributed by atoms with van der Waals surface area (Å²) in [5.74, 6) is -1.10. The van der Waals surface area contributed by atoms with Crippen LogP contribution >= 0.6 is 0 Å². The van der Waals surface area contributed by atoms with E-state index < -0.39 is 54.8 Å². The van der Waals surface area contributed by atoms with Gasteiger partial charge in [0.25, 0.3) is 5.91 Å². The molecule has 5 N–H and O–H groups in total. The molecule has 3 aromatic rings. The Morgan fingerprint density at radius 1 is 0.932 bits per heavy atom. The van der Waals surface area contributed by atoms with Gasteiger partial charge >= 0.3 is 0 Å². The summed E-state index contributed by atoms with van der Waals surface area (Å²) in [5.41, 5.74) is 1.09. The number of amides is 4. The number of fused-ring (bicyclic) bond motifs is 1. The second kappa shape index (κ2) is 15.9. The monoisotopic (exact) mass is 604 g/mol. The Balaban J connectivity index is 1.48. The Labute approximate surface area is 255 Å². The maximum absolute atomic E-state index is 13.4. The Morgan fingerprint density at radius 3 is 2.36 bits per heavy atom. The summed E-state index contributed by atoms with van der Waals surface area (Å²) in [7, 11) is 1.56. The summed E-state index contributed by atoms with van der Waals surface area (Å²) < 4.78 is 16.8. The van der Waals surface area contributed by atoms with Crippen molar-refractivity contribution in [3.8, 4) is 17.2 Å². The highest BCUT2D eigenvalue weighted by atomic mass is 16.5. The minimum atomic E-state index is -1.30. The maximum Gasteiger partial charge on any atom is 0.255 e. The number of hydrogen-bond donors (Lipinski definition) is 5. The average Bonchev–Trinajstić information content (AvgIpc) is 3.04. The lowest BCUT2D eigenvalue weighted by molar-refractivity contribution is -0.132. The molecule has 0 saturated carbocycles. The molecule has 12 heteroatoms. The lowest BCUT2D eigenvalue weighted by atomic mass is 10.1. The fraction of sp³-hybridized carbons (Fsp3) is 0.312. The average molecular weight is 605 g/mol. The molecule has 0 fully saturated rings. The smallest absolute Gasteiger partial charge is 0.255 e. The predicted molar refractivity (Wildman–Crippen MR) is 160 cm³/mol. The van der Waals surface area contributed by atoms with Gasteiger partial charge in [-0.1, -0.05) is 42.5 Å². The van der Waals surface area contributed by atoms with Gasteiger partial charge in [0.05, 0.1) is 38.3 Å². The highest BCUT2D eigenvalue weighted by molar-refractivity contribution is 6.01. The van der Waals surface area contributed by atoms with Crippen molar-refractivity contribution in [1.29, 1.82) is 0 Å². The minimum Gasteiger partial charge on any atom is -0.497 e. The summed E-state index contributed by atoms with van der Waals surface area (Å²) in [5, 5.41) is 20.5. The second-order valence-corrected chi connectivity index (χ2v) is 10.1. The third-order valence-electron chi connectivity index (χ3n) is 6.82. The second-order valence-electron chi connectivity index (χ2n) is 10.1. The number of nitrogens with one attached hydrogen (secondary N) is 4. The normalized spacial score (nSPS) is 19.1. The van der Waals surface area contributed by atoms with Crippen LogP contribution in [0.4, 0.5) is 0 Å². The van der Waals surface area contributed by atoms with E-state index in [0.29, 0.717) is 17.9 Å². The van der Waals surface area contributed by atoms with Gasteiger partial charge in [0, 0.05) is 0 Å². The fourth-order valence-electron chi connectivity index (χ4n) is 4.54. The first-order valence-electron chi connectivity index (χ1n) is 14.2. The SMILES string of the molecule is COc1ccc(OCCNC(=O)[C@@H]2CC(=O)N[C@@H](CO)C(=O)N[C@H](Cc3ccccc3)COc3ccccc3C(=O)N2)cc1. The molecule has 1 heterocycles. The molecule has 0 aliphatic carbocycles. The number of rotatable bonds is 9. The lowest BCUT2D eigenvalue weighted by Gasteiger charge is -2.25. The molecule has 232 valence electrons. The summed E-state index contributed by atoms with van der Waals surface area (Å²) in [6.45, 7) is -0.470. The van der Waals surface area contributed by atoms with Crippen molar-refractivity contribution in [1.82, 2.24) is 21.3 Å².